The summed E-state index contributed by atoms with van der Waals surface area (Å²) < 4.78 is 4.42. The van der Waals surface area contributed by atoms with Gasteiger partial charge in [-0.1, -0.05) is 55.5 Å². The first kappa shape index (κ1) is 22.7. The Hall–Kier alpha value is -4.51. The Balaban J connectivity index is 1.61. The Morgan fingerprint density at radius 3 is 1.08 bits per heavy atom. The van der Waals surface area contributed by atoms with Crippen molar-refractivity contribution in [1.82, 2.24) is 24.1 Å². The van der Waals surface area contributed by atoms with Gasteiger partial charge in [-0.05, 0) is 74.2 Å². The maximum absolute atomic E-state index is 5.19. The van der Waals surface area contributed by atoms with E-state index in [1.54, 1.807) is 0 Å². The predicted octanol–water partition coefficient (Wildman–Crippen LogP) is 7.86. The van der Waals surface area contributed by atoms with Gasteiger partial charge < -0.3 is 0 Å². The number of aryl methyl sites for hydroxylation is 5. The highest BCUT2D eigenvalue weighted by molar-refractivity contribution is 6.10. The summed E-state index contributed by atoms with van der Waals surface area (Å²) in [6, 6.07) is 26.4. The lowest BCUT2D eigenvalue weighted by Gasteiger charge is -2.12. The summed E-state index contributed by atoms with van der Waals surface area (Å²) in [4.78, 5) is 15.2. The highest BCUT2D eigenvalue weighted by Crippen LogP contribution is 2.35. The van der Waals surface area contributed by atoms with E-state index in [9.17, 15) is 0 Å². The van der Waals surface area contributed by atoms with Crippen molar-refractivity contribution in [2.24, 2.45) is 0 Å². The van der Waals surface area contributed by atoms with E-state index in [1.807, 2.05) is 0 Å². The predicted molar refractivity (Wildman–Crippen MR) is 157 cm³/mol. The van der Waals surface area contributed by atoms with Gasteiger partial charge >= 0.3 is 0 Å². The molecular weight excluding hydrogens is 466 g/mol. The Bertz CT molecular complexity index is 1800. The summed E-state index contributed by atoms with van der Waals surface area (Å²) in [5.74, 6) is 2.08. The van der Waals surface area contributed by atoms with Crippen LogP contribution in [0, 0.1) is 27.7 Å². The number of rotatable bonds is 3. The third-order valence-corrected chi connectivity index (χ3v) is 7.53. The van der Waals surface area contributed by atoms with Crippen LogP contribution in [0.1, 0.15) is 35.0 Å². The first-order valence-corrected chi connectivity index (χ1v) is 13.2. The number of fused-ring (bicyclic) bond motifs is 6. The van der Waals surface area contributed by atoms with Gasteiger partial charge in [0.15, 0.2) is 0 Å². The van der Waals surface area contributed by atoms with Gasteiger partial charge in [0.25, 0.3) is 0 Å². The third kappa shape index (κ3) is 3.35. The first-order valence-electron chi connectivity index (χ1n) is 13.2. The average molecular weight is 496 g/mol. The lowest BCUT2D eigenvalue weighted by atomic mass is 10.1. The number of aromatic nitrogens is 5. The van der Waals surface area contributed by atoms with Crippen molar-refractivity contribution in [2.45, 2.75) is 41.0 Å². The zero-order valence-electron chi connectivity index (χ0n) is 22.4. The summed E-state index contributed by atoms with van der Waals surface area (Å²) in [5, 5.41) is 4.81. The van der Waals surface area contributed by atoms with Gasteiger partial charge in [-0.25, -0.2) is 0 Å². The quantitative estimate of drug-likeness (QED) is 0.251. The lowest BCUT2D eigenvalue weighted by Crippen LogP contribution is -2.11. The molecule has 0 fully saturated rings. The fraction of sp³-hybridized carbons (Fsp3) is 0.182. The van der Waals surface area contributed by atoms with Gasteiger partial charge in [0.05, 0.1) is 22.1 Å². The average Bonchev–Trinajstić information content (AvgIpc) is 3.38. The third-order valence-electron chi connectivity index (χ3n) is 7.53. The van der Waals surface area contributed by atoms with E-state index in [4.69, 9.17) is 15.0 Å². The van der Waals surface area contributed by atoms with Gasteiger partial charge in [-0.2, -0.15) is 15.0 Å². The summed E-state index contributed by atoms with van der Waals surface area (Å²) in [6.45, 7) is 10.6. The fourth-order valence-electron chi connectivity index (χ4n) is 5.66. The molecule has 0 aliphatic rings. The number of hydrogen-bond acceptors (Lipinski definition) is 3. The Morgan fingerprint density at radius 2 is 0.789 bits per heavy atom. The monoisotopic (exact) mass is 495 g/mol. The van der Waals surface area contributed by atoms with Crippen LogP contribution in [0.3, 0.4) is 0 Å². The van der Waals surface area contributed by atoms with Crippen LogP contribution >= 0.6 is 0 Å². The molecule has 0 aliphatic carbocycles. The standard InChI is InChI=1S/C33H29N5/c1-6-31-34-32(37-27-15-19(2)7-11-23(27)24-12-8-20(3)16-28(24)37)36-33(35-31)38-29-17-21(4)9-13-25(29)26-14-10-22(5)18-30(26)38/h7-18H,6H2,1-5H3. The van der Waals surface area contributed by atoms with Crippen LogP contribution in [0.2, 0.25) is 0 Å². The van der Waals surface area contributed by atoms with Gasteiger partial charge in [0.2, 0.25) is 11.9 Å². The van der Waals surface area contributed by atoms with E-state index in [-0.39, 0.29) is 0 Å². The molecule has 0 bridgehead atoms. The van der Waals surface area contributed by atoms with E-state index in [1.165, 1.54) is 43.8 Å². The van der Waals surface area contributed by atoms with Crippen molar-refractivity contribution in [3.63, 3.8) is 0 Å². The van der Waals surface area contributed by atoms with Crippen LogP contribution in [0.5, 0.6) is 0 Å². The van der Waals surface area contributed by atoms with Gasteiger partial charge in [-0.3, -0.25) is 9.13 Å². The van der Waals surface area contributed by atoms with Crippen molar-refractivity contribution in [3.8, 4) is 11.9 Å². The second kappa shape index (κ2) is 8.25. The maximum atomic E-state index is 5.19. The molecule has 5 nitrogen and oxygen atoms in total. The van der Waals surface area contributed by atoms with Crippen LogP contribution in [-0.2, 0) is 6.42 Å². The SMILES string of the molecule is CCc1nc(-n2c3cc(C)ccc3c3ccc(C)cc32)nc(-n2c3cc(C)ccc3c3ccc(C)cc32)n1. The van der Waals surface area contributed by atoms with Crippen molar-refractivity contribution in [1.29, 1.82) is 0 Å². The molecular formula is C33H29N5. The summed E-state index contributed by atoms with van der Waals surface area (Å²) >= 11 is 0. The molecule has 0 saturated heterocycles. The van der Waals surface area contributed by atoms with Gasteiger partial charge in [0, 0.05) is 28.0 Å². The zero-order valence-corrected chi connectivity index (χ0v) is 22.4. The van der Waals surface area contributed by atoms with Crippen LogP contribution < -0.4 is 0 Å². The maximum Gasteiger partial charge on any atom is 0.239 e. The molecule has 4 aromatic carbocycles. The molecule has 0 saturated carbocycles. The molecule has 7 rings (SSSR count). The van der Waals surface area contributed by atoms with Gasteiger partial charge in [0.1, 0.15) is 5.82 Å². The minimum Gasteiger partial charge on any atom is -0.278 e. The van der Waals surface area contributed by atoms with Crippen molar-refractivity contribution >= 4 is 43.6 Å². The smallest absolute Gasteiger partial charge is 0.239 e. The minimum absolute atomic E-state index is 0.651. The Labute approximate surface area is 221 Å². The number of hydrogen-bond donors (Lipinski definition) is 0. The summed E-state index contributed by atoms with van der Waals surface area (Å²) in [5.41, 5.74) is 9.26. The second-order valence-corrected chi connectivity index (χ2v) is 10.5. The van der Waals surface area contributed by atoms with Crippen LogP contribution in [-0.4, -0.2) is 24.1 Å². The highest BCUT2D eigenvalue weighted by atomic mass is 15.3. The van der Waals surface area contributed by atoms with E-state index in [2.05, 4.69) is 117 Å². The first-order chi connectivity index (χ1) is 18.4. The van der Waals surface area contributed by atoms with Gasteiger partial charge in [-0.15, -0.1) is 0 Å². The molecule has 0 unspecified atom stereocenters. The largest absolute Gasteiger partial charge is 0.278 e. The molecule has 3 aromatic heterocycles. The van der Waals surface area contributed by atoms with E-state index in [0.717, 1.165) is 27.9 Å². The number of nitrogens with zero attached hydrogens (tertiary/aromatic N) is 5. The van der Waals surface area contributed by atoms with Crippen LogP contribution in [0.15, 0.2) is 72.8 Å². The molecule has 0 aliphatic heterocycles. The Morgan fingerprint density at radius 1 is 0.474 bits per heavy atom. The highest BCUT2D eigenvalue weighted by Gasteiger charge is 2.20. The summed E-state index contributed by atoms with van der Waals surface area (Å²) in [6.07, 6.45) is 0.715. The van der Waals surface area contributed by atoms with Crippen molar-refractivity contribution < 1.29 is 0 Å². The molecule has 38 heavy (non-hydrogen) atoms. The normalized spacial score (nSPS) is 11.9. The molecule has 186 valence electrons. The Kier molecular flexibility index (Phi) is 4.92. The van der Waals surface area contributed by atoms with Crippen molar-refractivity contribution in [2.75, 3.05) is 0 Å². The fourth-order valence-corrected chi connectivity index (χ4v) is 5.66. The van der Waals surface area contributed by atoms with E-state index in [0.29, 0.717) is 18.3 Å². The van der Waals surface area contributed by atoms with Crippen LogP contribution in [0.4, 0.5) is 0 Å². The van der Waals surface area contributed by atoms with Crippen LogP contribution in [0.25, 0.3) is 55.5 Å². The molecule has 3 heterocycles. The zero-order chi connectivity index (χ0) is 26.1. The molecule has 5 heteroatoms. The minimum atomic E-state index is 0.651. The van der Waals surface area contributed by atoms with E-state index >= 15 is 0 Å². The van der Waals surface area contributed by atoms with E-state index < -0.39 is 0 Å². The number of benzene rings is 4. The molecule has 7 aromatic rings. The lowest BCUT2D eigenvalue weighted by molar-refractivity contribution is 0.820. The van der Waals surface area contributed by atoms with Crippen molar-refractivity contribution in [3.05, 3.63) is 101 Å². The molecule has 0 spiro atoms. The summed E-state index contributed by atoms with van der Waals surface area (Å²) in [7, 11) is 0. The topological polar surface area (TPSA) is 48.5 Å². The molecule has 0 amide bonds. The second-order valence-electron chi connectivity index (χ2n) is 10.5. The molecule has 0 atom stereocenters. The molecule has 0 radical (unpaired) electrons. The molecule has 0 N–H and O–H groups in total.